The minimum Gasteiger partial charge on any atom is -0.414 e. The largest absolute Gasteiger partial charge is 0.414 e. The molecule has 0 saturated carbocycles. The Morgan fingerprint density at radius 3 is 2.19 bits per heavy atom. The third-order valence-electron chi connectivity index (χ3n) is 3.48. The molecule has 0 heterocycles. The molecule has 0 saturated heterocycles. The number of hydrogen-bond donors (Lipinski definition) is 0. The van der Waals surface area contributed by atoms with Gasteiger partial charge in [-0.05, 0) is 31.0 Å². The van der Waals surface area contributed by atoms with Gasteiger partial charge in [-0.1, -0.05) is 34.1 Å². The molecule has 0 aromatic carbocycles. The summed E-state index contributed by atoms with van der Waals surface area (Å²) in [6, 6.07) is 0. The van der Waals surface area contributed by atoms with Crippen molar-refractivity contribution in [2.75, 3.05) is 0 Å². The third kappa shape index (κ3) is 5.26. The average molecular weight is 244 g/mol. The molecule has 0 spiro atoms. The molecule has 16 heavy (non-hydrogen) atoms. The van der Waals surface area contributed by atoms with Crippen LogP contribution in [0.25, 0.3) is 0 Å². The highest BCUT2D eigenvalue weighted by Crippen LogP contribution is 2.38. The van der Waals surface area contributed by atoms with Gasteiger partial charge in [-0.15, -0.1) is 0 Å². The van der Waals surface area contributed by atoms with Crippen molar-refractivity contribution >= 4 is 14.6 Å². The Labute approximate surface area is 102 Å². The van der Waals surface area contributed by atoms with E-state index >= 15 is 0 Å². The highest BCUT2D eigenvalue weighted by molar-refractivity contribution is 6.74. The van der Waals surface area contributed by atoms with Crippen LogP contribution in [0.1, 0.15) is 53.4 Å². The molecule has 3 heteroatoms. The van der Waals surface area contributed by atoms with Crippen LogP contribution in [0.3, 0.4) is 0 Å². The Kier molecular flexibility index (Phi) is 6.49. The van der Waals surface area contributed by atoms with Crippen LogP contribution < -0.4 is 0 Å². The van der Waals surface area contributed by atoms with Crippen LogP contribution in [0.15, 0.2) is 0 Å². The molecule has 0 amide bonds. The summed E-state index contributed by atoms with van der Waals surface area (Å²) in [5, 5.41) is 0.250. The molecule has 0 bridgehead atoms. The maximum atomic E-state index is 10.4. The lowest BCUT2D eigenvalue weighted by molar-refractivity contribution is -0.108. The first kappa shape index (κ1) is 15.8. The number of carbonyl (C=O) groups excluding carboxylic acids is 1. The number of hydrogen-bond acceptors (Lipinski definition) is 2. The molecular weight excluding hydrogens is 216 g/mol. The van der Waals surface area contributed by atoms with Crippen LogP contribution in [-0.2, 0) is 9.22 Å². The van der Waals surface area contributed by atoms with Crippen molar-refractivity contribution in [3.8, 4) is 0 Å². The van der Waals surface area contributed by atoms with E-state index in [4.69, 9.17) is 4.43 Å². The Balaban J connectivity index is 4.42. The summed E-state index contributed by atoms with van der Waals surface area (Å²) in [6.07, 6.45) is 4.97. The molecule has 1 unspecified atom stereocenters. The van der Waals surface area contributed by atoms with Crippen molar-refractivity contribution in [1.29, 1.82) is 0 Å². The molecular formula is C13H28O2Si. The lowest BCUT2D eigenvalue weighted by atomic mass is 10.1. The van der Waals surface area contributed by atoms with E-state index in [-0.39, 0.29) is 11.1 Å². The monoisotopic (exact) mass is 244 g/mol. The second-order valence-corrected chi connectivity index (χ2v) is 10.8. The SMILES string of the molecule is CCCC(CCC=O)O[Si](C)(C)C(C)(C)C. The van der Waals surface area contributed by atoms with E-state index in [0.717, 1.165) is 25.5 Å². The summed E-state index contributed by atoms with van der Waals surface area (Å²) in [7, 11) is -1.67. The fourth-order valence-corrected chi connectivity index (χ4v) is 2.85. The van der Waals surface area contributed by atoms with E-state index in [9.17, 15) is 4.79 Å². The second-order valence-electron chi connectivity index (χ2n) is 6.03. The number of aldehydes is 1. The Morgan fingerprint density at radius 2 is 1.81 bits per heavy atom. The maximum Gasteiger partial charge on any atom is 0.192 e. The average Bonchev–Trinajstić information content (AvgIpc) is 2.12. The van der Waals surface area contributed by atoms with Gasteiger partial charge < -0.3 is 9.22 Å². The van der Waals surface area contributed by atoms with Gasteiger partial charge in [-0.25, -0.2) is 0 Å². The summed E-state index contributed by atoms with van der Waals surface area (Å²) in [5.74, 6) is 0. The first-order valence-electron chi connectivity index (χ1n) is 6.36. The zero-order valence-electron chi connectivity index (χ0n) is 11.8. The van der Waals surface area contributed by atoms with Gasteiger partial charge in [0.05, 0.1) is 0 Å². The van der Waals surface area contributed by atoms with Gasteiger partial charge in [-0.3, -0.25) is 0 Å². The minimum atomic E-state index is -1.67. The molecule has 0 N–H and O–H groups in total. The molecule has 0 aromatic heterocycles. The molecule has 96 valence electrons. The van der Waals surface area contributed by atoms with Crippen molar-refractivity contribution < 1.29 is 9.22 Å². The van der Waals surface area contributed by atoms with Gasteiger partial charge in [-0.2, -0.15) is 0 Å². The Bertz CT molecular complexity index is 206. The van der Waals surface area contributed by atoms with E-state index < -0.39 is 8.32 Å². The highest BCUT2D eigenvalue weighted by Gasteiger charge is 2.38. The molecule has 0 aliphatic rings. The molecule has 0 fully saturated rings. The molecule has 0 aliphatic carbocycles. The number of carbonyl (C=O) groups is 1. The van der Waals surface area contributed by atoms with E-state index in [1.165, 1.54) is 0 Å². The van der Waals surface area contributed by atoms with Gasteiger partial charge in [0.25, 0.3) is 0 Å². The predicted octanol–water partition coefficient (Wildman–Crippen LogP) is 4.16. The van der Waals surface area contributed by atoms with Crippen LogP contribution in [0.5, 0.6) is 0 Å². The maximum absolute atomic E-state index is 10.4. The molecule has 0 aromatic rings. The summed E-state index contributed by atoms with van der Waals surface area (Å²) >= 11 is 0. The lowest BCUT2D eigenvalue weighted by Gasteiger charge is -2.39. The van der Waals surface area contributed by atoms with Gasteiger partial charge in [0, 0.05) is 12.5 Å². The van der Waals surface area contributed by atoms with Gasteiger partial charge >= 0.3 is 0 Å². The predicted molar refractivity (Wildman–Crippen MR) is 72.3 cm³/mol. The van der Waals surface area contributed by atoms with Crippen molar-refractivity contribution in [3.63, 3.8) is 0 Å². The smallest absolute Gasteiger partial charge is 0.192 e. The van der Waals surface area contributed by atoms with Gasteiger partial charge in [0.2, 0.25) is 0 Å². The van der Waals surface area contributed by atoms with Gasteiger partial charge in [0.15, 0.2) is 8.32 Å². The molecule has 0 aliphatic heterocycles. The summed E-state index contributed by atoms with van der Waals surface area (Å²) in [4.78, 5) is 10.4. The first-order valence-corrected chi connectivity index (χ1v) is 9.27. The zero-order chi connectivity index (χ0) is 12.8. The highest BCUT2D eigenvalue weighted by atomic mass is 28.4. The normalized spacial score (nSPS) is 14.9. The van der Waals surface area contributed by atoms with Crippen LogP contribution in [0, 0.1) is 0 Å². The van der Waals surface area contributed by atoms with E-state index in [0.29, 0.717) is 6.42 Å². The Hall–Kier alpha value is -0.153. The second kappa shape index (κ2) is 6.55. The molecule has 1 atom stereocenters. The summed E-state index contributed by atoms with van der Waals surface area (Å²) < 4.78 is 6.32. The Morgan fingerprint density at radius 1 is 1.25 bits per heavy atom. The molecule has 0 radical (unpaired) electrons. The van der Waals surface area contributed by atoms with Crippen molar-refractivity contribution in [3.05, 3.63) is 0 Å². The zero-order valence-corrected chi connectivity index (χ0v) is 12.8. The van der Waals surface area contributed by atoms with Crippen LogP contribution in [-0.4, -0.2) is 20.7 Å². The molecule has 2 nitrogen and oxygen atoms in total. The van der Waals surface area contributed by atoms with E-state index in [1.807, 2.05) is 0 Å². The van der Waals surface area contributed by atoms with Crippen molar-refractivity contribution in [2.45, 2.75) is 77.6 Å². The van der Waals surface area contributed by atoms with E-state index in [2.05, 4.69) is 40.8 Å². The van der Waals surface area contributed by atoms with E-state index in [1.54, 1.807) is 0 Å². The van der Waals surface area contributed by atoms with Gasteiger partial charge in [0.1, 0.15) is 6.29 Å². The first-order chi connectivity index (χ1) is 7.24. The quantitative estimate of drug-likeness (QED) is 0.496. The van der Waals surface area contributed by atoms with Crippen LogP contribution >= 0.6 is 0 Å². The van der Waals surface area contributed by atoms with Crippen molar-refractivity contribution in [1.82, 2.24) is 0 Å². The summed E-state index contributed by atoms with van der Waals surface area (Å²) in [5.41, 5.74) is 0. The summed E-state index contributed by atoms with van der Waals surface area (Å²) in [6.45, 7) is 13.5. The topological polar surface area (TPSA) is 26.3 Å². The third-order valence-corrected chi connectivity index (χ3v) is 8.02. The standard InChI is InChI=1S/C13H28O2Si/c1-7-9-12(10-8-11-14)15-16(5,6)13(2,3)4/h11-12H,7-10H2,1-6H3. The number of rotatable bonds is 7. The fourth-order valence-electron chi connectivity index (χ4n) is 1.43. The lowest BCUT2D eigenvalue weighted by Crippen LogP contribution is -2.44. The van der Waals surface area contributed by atoms with Crippen LogP contribution in [0.2, 0.25) is 18.1 Å². The minimum absolute atomic E-state index is 0.250. The fraction of sp³-hybridized carbons (Fsp3) is 0.923. The van der Waals surface area contributed by atoms with Crippen molar-refractivity contribution in [2.24, 2.45) is 0 Å². The molecule has 0 rings (SSSR count). The van der Waals surface area contributed by atoms with Crippen LogP contribution in [0.4, 0.5) is 0 Å².